The Hall–Kier alpha value is -1.97. The Bertz CT molecular complexity index is 1600. The number of alkyl halides is 3. The fourth-order valence-electron chi connectivity index (χ4n) is 10.7. The maximum absolute atomic E-state index is 11.9. The summed E-state index contributed by atoms with van der Waals surface area (Å²) >= 11 is 20.3. The second-order valence-corrected chi connectivity index (χ2v) is 24.8. The van der Waals surface area contributed by atoms with Gasteiger partial charge in [-0.2, -0.15) is 0 Å². The van der Waals surface area contributed by atoms with Gasteiger partial charge in [-0.05, 0) is 82.7 Å². The van der Waals surface area contributed by atoms with Crippen LogP contribution in [0.1, 0.15) is 72.6 Å². The highest BCUT2D eigenvalue weighted by Gasteiger charge is 2.23. The van der Waals surface area contributed by atoms with Gasteiger partial charge in [-0.25, -0.2) is 0 Å². The van der Waals surface area contributed by atoms with Crippen molar-refractivity contribution in [2.45, 2.75) is 72.6 Å². The first-order valence-corrected chi connectivity index (χ1v) is 36.9. The van der Waals surface area contributed by atoms with Crippen molar-refractivity contribution in [2.75, 3.05) is 319 Å². The highest BCUT2D eigenvalue weighted by atomic mass is 35.5. The van der Waals surface area contributed by atoms with Crippen LogP contribution in [0.15, 0.2) is 0 Å². The van der Waals surface area contributed by atoms with Crippen molar-refractivity contribution in [1.29, 1.82) is 0 Å². The van der Waals surface area contributed by atoms with Crippen molar-refractivity contribution < 1.29 is 52.4 Å². The molecule has 12 rings (SSSR count). The monoisotopic (exact) mass is 1440 g/mol. The summed E-state index contributed by atoms with van der Waals surface area (Å²) in [5.74, 6) is 0.728. The molecule has 12 saturated heterocycles. The SMILES string of the molecule is C.C.C1CCNCC1.C1CCNCC1.C1CN(CCN2CCOCC2)CCN1.C1COCCN1.C1COCCN1.O=C(CCl)N1CCCCC1.O=C(CCl)N1CCOCC1.O=C(CN1CCNCC1)N1CCOCC1.O=C(CN1CCOCC1)N1CCNCC1.O=C(Cl)CCl. The number of nitrogens with zero attached hydrogens (tertiary/aromatic N) is 8. The van der Waals surface area contributed by atoms with Gasteiger partial charge in [0.15, 0.2) is 0 Å². The van der Waals surface area contributed by atoms with Crippen molar-refractivity contribution in [3.8, 4) is 0 Å². The summed E-state index contributed by atoms with van der Waals surface area (Å²) in [5, 5.41) is 22.3. The lowest BCUT2D eigenvalue weighted by Gasteiger charge is -2.31. The van der Waals surface area contributed by atoms with Crippen molar-refractivity contribution in [3.63, 3.8) is 0 Å². The van der Waals surface area contributed by atoms with E-state index in [1.807, 2.05) is 14.7 Å². The van der Waals surface area contributed by atoms with Gasteiger partial charge in [-0.15, -0.1) is 34.8 Å². The lowest BCUT2D eigenvalue weighted by Crippen LogP contribution is -2.50. The van der Waals surface area contributed by atoms with Gasteiger partial charge in [0.1, 0.15) is 11.8 Å². The molecule has 7 N–H and O–H groups in total. The molecule has 0 atom stereocenters. The van der Waals surface area contributed by atoms with Crippen molar-refractivity contribution in [1.82, 2.24) is 76.4 Å². The van der Waals surface area contributed by atoms with Crippen LogP contribution in [0.25, 0.3) is 0 Å². The summed E-state index contributed by atoms with van der Waals surface area (Å²) < 4.78 is 30.9. The molecule has 560 valence electrons. The largest absolute Gasteiger partial charge is 0.379 e. The van der Waals surface area contributed by atoms with Crippen LogP contribution in [0.5, 0.6) is 0 Å². The molecule has 0 saturated carbocycles. The first-order valence-electron chi connectivity index (χ1n) is 34.9. The predicted molar refractivity (Wildman–Crippen MR) is 385 cm³/mol. The second kappa shape index (κ2) is 65.3. The zero-order chi connectivity index (χ0) is 66.7. The van der Waals surface area contributed by atoms with E-state index in [0.29, 0.717) is 52.6 Å². The molecule has 12 fully saturated rings. The molecule has 12 aliphatic heterocycles. The Morgan fingerprint density at radius 3 is 0.821 bits per heavy atom. The highest BCUT2D eigenvalue weighted by molar-refractivity contribution is 6.67. The van der Waals surface area contributed by atoms with Gasteiger partial charge < -0.3 is 85.2 Å². The Balaban J connectivity index is 0.000000539. The zero-order valence-corrected chi connectivity index (χ0v) is 59.6. The van der Waals surface area contributed by atoms with Crippen LogP contribution >= 0.6 is 46.4 Å². The number of morpholine rings is 6. The molecular formula is C65H131Cl4N15O11. The Labute approximate surface area is 593 Å². The van der Waals surface area contributed by atoms with Crippen LogP contribution < -0.4 is 37.2 Å². The van der Waals surface area contributed by atoms with E-state index in [9.17, 15) is 24.0 Å². The molecule has 0 spiro atoms. The molecule has 0 aliphatic carbocycles. The molecule has 12 heterocycles. The number of hydrogen-bond acceptors (Lipinski definition) is 22. The summed E-state index contributed by atoms with van der Waals surface area (Å²) in [6, 6.07) is 0. The molecule has 0 aromatic heterocycles. The molecule has 12 aliphatic rings. The third-order valence-electron chi connectivity index (χ3n) is 16.4. The van der Waals surface area contributed by atoms with Crippen molar-refractivity contribution in [3.05, 3.63) is 0 Å². The lowest BCUT2D eigenvalue weighted by atomic mass is 10.1. The number of ether oxygens (including phenoxy) is 6. The van der Waals surface area contributed by atoms with Crippen LogP contribution in [0, 0.1) is 0 Å². The van der Waals surface area contributed by atoms with Gasteiger partial charge in [-0.1, -0.05) is 27.7 Å². The van der Waals surface area contributed by atoms with E-state index in [4.69, 9.17) is 74.8 Å². The van der Waals surface area contributed by atoms with Gasteiger partial charge in [0.2, 0.25) is 28.9 Å². The van der Waals surface area contributed by atoms with Crippen LogP contribution in [0.2, 0.25) is 0 Å². The normalized spacial score (nSPS) is 22.0. The van der Waals surface area contributed by atoms with E-state index in [-0.39, 0.29) is 56.1 Å². The Morgan fingerprint density at radius 1 is 0.263 bits per heavy atom. The number of rotatable bonds is 10. The number of halogens is 4. The van der Waals surface area contributed by atoms with E-state index in [0.717, 1.165) is 210 Å². The summed E-state index contributed by atoms with van der Waals surface area (Å²) in [7, 11) is 0. The van der Waals surface area contributed by atoms with Crippen molar-refractivity contribution >= 4 is 75.3 Å². The van der Waals surface area contributed by atoms with E-state index < -0.39 is 5.24 Å². The van der Waals surface area contributed by atoms with Crippen LogP contribution in [0.4, 0.5) is 0 Å². The first kappa shape index (κ1) is 91.0. The molecule has 0 radical (unpaired) electrons. The number of hydrogen-bond donors (Lipinski definition) is 7. The maximum Gasteiger partial charge on any atom is 0.237 e. The summed E-state index contributed by atoms with van der Waals surface area (Å²) in [4.78, 5) is 71.9. The van der Waals surface area contributed by atoms with E-state index in [1.165, 1.54) is 97.3 Å². The fraction of sp³-hybridized carbons (Fsp3) is 0.923. The quantitative estimate of drug-likeness (QED) is 0.119. The maximum atomic E-state index is 11.9. The molecule has 95 heavy (non-hydrogen) atoms. The summed E-state index contributed by atoms with van der Waals surface area (Å²) in [6.07, 6.45) is 12.0. The Morgan fingerprint density at radius 2 is 0.516 bits per heavy atom. The van der Waals surface area contributed by atoms with E-state index in [1.54, 1.807) is 4.90 Å². The number of amides is 4. The smallest absolute Gasteiger partial charge is 0.237 e. The standard InChI is InChI=1S/2C10H19N3O2.C10H21N3O.C7H12ClNO.C6H10ClNO2.2C5H11N.2C4H9NO.C2H2Cl2O.2CH4/c14-10(13-3-1-11-2-4-13)9-12-5-7-15-8-6-12;14-10(13-5-7-15-8-6-13)9-12-3-1-11-2-4-12;1-3-12(4-2-11-1)5-6-13-7-9-14-10-8-13;8-6-7(10)9-4-2-1-3-5-9;7-5-6(9)8-1-3-10-4-2-8;2*1-2-4-6-5-3-1;2*1-3-6-4-2-5-1;3-1-2(4)5;;/h2*11H,1-9H2;11H,1-10H2;1-6H2;1-5H2;2*6H,1-5H2;2*5H,1-4H2;1H2;2*1H4. The third-order valence-corrected chi connectivity index (χ3v) is 17.4. The predicted octanol–water partition coefficient (Wildman–Crippen LogP) is 1.04. The minimum Gasteiger partial charge on any atom is -0.379 e. The molecule has 0 unspecified atom stereocenters. The number of piperazine rings is 3. The van der Waals surface area contributed by atoms with Gasteiger partial charge in [-0.3, -0.25) is 43.6 Å². The minimum atomic E-state index is -0.508. The molecule has 4 amide bonds. The summed E-state index contributed by atoms with van der Waals surface area (Å²) in [5.41, 5.74) is 0. The zero-order valence-electron chi connectivity index (χ0n) is 56.6. The number of likely N-dealkylation sites (tertiary alicyclic amines) is 1. The molecule has 0 aromatic carbocycles. The van der Waals surface area contributed by atoms with Gasteiger partial charge in [0, 0.05) is 183 Å². The second-order valence-electron chi connectivity index (χ2n) is 23.6. The van der Waals surface area contributed by atoms with E-state index in [2.05, 4.69) is 56.8 Å². The number of carbonyl (C=O) groups excluding carboxylic acids is 5. The van der Waals surface area contributed by atoms with Gasteiger partial charge in [0.25, 0.3) is 0 Å². The molecule has 0 aromatic rings. The molecule has 26 nitrogen and oxygen atoms in total. The van der Waals surface area contributed by atoms with Gasteiger partial charge >= 0.3 is 0 Å². The topological polar surface area (TPSA) is 251 Å². The third kappa shape index (κ3) is 50.9. The first-order chi connectivity index (χ1) is 45.6. The summed E-state index contributed by atoms with van der Waals surface area (Å²) in [6.45, 7) is 43.2. The van der Waals surface area contributed by atoms with Crippen LogP contribution in [0.3, 0.4) is 0 Å². The fourth-order valence-corrected chi connectivity index (χ4v) is 11.1. The Kier molecular flexibility index (Phi) is 62.6. The van der Waals surface area contributed by atoms with Crippen molar-refractivity contribution in [2.24, 2.45) is 0 Å². The number of nitrogens with one attached hydrogen (secondary N) is 7. The van der Waals surface area contributed by atoms with Gasteiger partial charge in [0.05, 0.1) is 98.3 Å². The average molecular weight is 1440 g/mol. The minimum absolute atomic E-state index is 0. The number of piperidine rings is 3. The van der Waals surface area contributed by atoms with Crippen LogP contribution in [-0.4, -0.2) is 388 Å². The number of carbonyl (C=O) groups is 5. The molecule has 30 heteroatoms. The van der Waals surface area contributed by atoms with E-state index >= 15 is 0 Å². The van der Waals surface area contributed by atoms with Crippen LogP contribution in [-0.2, 0) is 52.4 Å². The molecule has 0 bridgehead atoms. The average Bonchev–Trinajstić information content (AvgIpc) is 2.12. The lowest BCUT2D eigenvalue weighted by molar-refractivity contribution is -0.136. The molecular weight excluding hydrogens is 1310 g/mol. The highest BCUT2D eigenvalue weighted by Crippen LogP contribution is 2.09.